The molecule has 0 aromatic heterocycles. The molecule has 0 unspecified atom stereocenters. The predicted octanol–water partition coefficient (Wildman–Crippen LogP) is 5.41. The Morgan fingerprint density at radius 3 is 2.04 bits per heavy atom. The van der Waals surface area contributed by atoms with Gasteiger partial charge >= 0.3 is 6.18 Å². The highest BCUT2D eigenvalue weighted by atomic mass is 32.2. The number of benzene rings is 2. The molecule has 0 radical (unpaired) electrons. The van der Waals surface area contributed by atoms with Gasteiger partial charge in [-0.1, -0.05) is 44.9 Å². The minimum atomic E-state index is -4.47. The van der Waals surface area contributed by atoms with Crippen molar-refractivity contribution in [3.05, 3.63) is 70.0 Å². The van der Waals surface area contributed by atoms with Crippen LogP contribution < -0.4 is 15.4 Å². The number of amides is 3. The second-order valence-electron chi connectivity index (χ2n) is 11.7. The number of carbonyl (C=O) groups is 3. The number of carbonyl (C=O) groups excluding carboxylic acids is 3. The van der Waals surface area contributed by atoms with Crippen molar-refractivity contribution in [2.75, 3.05) is 76.8 Å². The van der Waals surface area contributed by atoms with Gasteiger partial charge in [-0.3, -0.25) is 24.3 Å². The SMILES string of the molecule is C=NCN(C)C.C=NN(CC(=O)Nc1ccc(C(F)(F)F)c2c1CC2)C(=O)/C(=C(/CC)NC)N1CCN(C(=O)c2ccccc2NSC)CC1.CC. The molecule has 2 aliphatic rings. The van der Waals surface area contributed by atoms with Gasteiger partial charge in [-0.2, -0.15) is 18.3 Å². The van der Waals surface area contributed by atoms with Crippen LogP contribution in [0.4, 0.5) is 24.5 Å². The molecule has 0 saturated carbocycles. The first kappa shape index (κ1) is 43.6. The Kier molecular flexibility index (Phi) is 17.7. The summed E-state index contributed by atoms with van der Waals surface area (Å²) < 4.78 is 43.1. The summed E-state index contributed by atoms with van der Waals surface area (Å²) in [5, 5.41) is 10.5. The van der Waals surface area contributed by atoms with E-state index in [1.807, 2.05) is 69.1 Å². The Morgan fingerprint density at radius 2 is 1.56 bits per heavy atom. The summed E-state index contributed by atoms with van der Waals surface area (Å²) >= 11 is 1.40. The molecule has 52 heavy (non-hydrogen) atoms. The van der Waals surface area contributed by atoms with E-state index in [0.29, 0.717) is 61.5 Å². The molecule has 0 spiro atoms. The Balaban J connectivity index is 0.00000106. The van der Waals surface area contributed by atoms with Crippen LogP contribution in [0, 0.1) is 0 Å². The maximum atomic E-state index is 13.8. The Hall–Kier alpha value is -4.57. The molecule has 16 heteroatoms. The van der Waals surface area contributed by atoms with Crippen LogP contribution in [0.3, 0.4) is 0 Å². The van der Waals surface area contributed by atoms with E-state index in [1.165, 1.54) is 18.0 Å². The minimum Gasteiger partial charge on any atom is -0.390 e. The standard InChI is InChI=1S/C30H36F3N7O3S.C4H10N2.C2H6/c1-5-23(34-2)27(38-14-16-39(17-15-38)28(42)21-8-6-7-9-25(21)37-44-4)29(43)40(35-3)18-26(41)36-24-13-12-22(30(31,32)33)19-10-11-20(19)24;1-5-4-6(2)3;1-2/h6-9,12-13,34,37H,3,5,10-11,14-18H2,1-2,4H3,(H,36,41);1,4H2,2-3H3;1-2H3/b27-23+;;. The van der Waals surface area contributed by atoms with Gasteiger partial charge in [0.2, 0.25) is 5.91 Å². The van der Waals surface area contributed by atoms with Crippen molar-refractivity contribution in [1.29, 1.82) is 0 Å². The highest BCUT2D eigenvalue weighted by molar-refractivity contribution is 7.99. The lowest BCUT2D eigenvalue weighted by Gasteiger charge is -2.38. The number of hydrogen-bond acceptors (Lipinski definition) is 10. The van der Waals surface area contributed by atoms with Crippen LogP contribution in [0.1, 0.15) is 54.2 Å². The molecular weight excluding hydrogens is 696 g/mol. The fourth-order valence-corrected chi connectivity index (χ4v) is 6.04. The van der Waals surface area contributed by atoms with Gasteiger partial charge in [-0.15, -0.1) is 0 Å². The van der Waals surface area contributed by atoms with Crippen LogP contribution in [-0.2, 0) is 28.6 Å². The van der Waals surface area contributed by atoms with Crippen molar-refractivity contribution in [3.8, 4) is 0 Å². The van der Waals surface area contributed by atoms with E-state index in [-0.39, 0.29) is 23.6 Å². The van der Waals surface area contributed by atoms with Crippen LogP contribution in [0.5, 0.6) is 0 Å². The summed E-state index contributed by atoms with van der Waals surface area (Å²) in [6.45, 7) is 14.4. The summed E-state index contributed by atoms with van der Waals surface area (Å²) in [6, 6.07) is 9.49. The zero-order chi connectivity index (χ0) is 39.0. The van der Waals surface area contributed by atoms with Gasteiger partial charge in [-0.05, 0) is 75.5 Å². The van der Waals surface area contributed by atoms with Crippen LogP contribution in [0.2, 0.25) is 0 Å². The number of halogens is 3. The fraction of sp³-hybridized carbons (Fsp3) is 0.472. The summed E-state index contributed by atoms with van der Waals surface area (Å²) in [7, 11) is 5.60. The molecule has 12 nitrogen and oxygen atoms in total. The monoisotopic (exact) mass is 747 g/mol. The average molecular weight is 748 g/mol. The van der Waals surface area contributed by atoms with Gasteiger partial charge in [0.15, 0.2) is 0 Å². The third-order valence-corrected chi connectivity index (χ3v) is 8.54. The normalized spacial score (nSPS) is 13.8. The van der Waals surface area contributed by atoms with Crippen LogP contribution in [-0.4, -0.2) is 118 Å². The van der Waals surface area contributed by atoms with Gasteiger partial charge in [0.1, 0.15) is 12.2 Å². The summed E-state index contributed by atoms with van der Waals surface area (Å²) in [4.78, 5) is 49.3. The molecule has 2 aromatic carbocycles. The van der Waals surface area contributed by atoms with Crippen molar-refractivity contribution in [3.63, 3.8) is 0 Å². The van der Waals surface area contributed by atoms with Crippen molar-refractivity contribution in [1.82, 2.24) is 25.0 Å². The van der Waals surface area contributed by atoms with Crippen LogP contribution >= 0.6 is 11.9 Å². The molecule has 286 valence electrons. The van der Waals surface area contributed by atoms with E-state index < -0.39 is 30.1 Å². The molecule has 1 fully saturated rings. The van der Waals surface area contributed by atoms with E-state index in [4.69, 9.17) is 0 Å². The molecule has 3 N–H and O–H groups in total. The lowest BCUT2D eigenvalue weighted by molar-refractivity contribution is -0.138. The Labute approximate surface area is 309 Å². The lowest BCUT2D eigenvalue weighted by atomic mass is 9.83. The first-order valence-corrected chi connectivity index (χ1v) is 18.2. The lowest BCUT2D eigenvalue weighted by Crippen LogP contribution is -2.51. The Morgan fingerprint density at radius 1 is 0.942 bits per heavy atom. The number of allylic oxidation sites excluding steroid dienone is 1. The van der Waals surface area contributed by atoms with Gasteiger partial charge in [0, 0.05) is 57.6 Å². The molecule has 1 saturated heterocycles. The fourth-order valence-electron chi connectivity index (χ4n) is 5.64. The number of alkyl halides is 3. The van der Waals surface area contributed by atoms with Gasteiger partial charge in [0.25, 0.3) is 11.8 Å². The Bertz CT molecular complexity index is 1570. The van der Waals surface area contributed by atoms with E-state index in [1.54, 1.807) is 18.0 Å². The van der Waals surface area contributed by atoms with Crippen molar-refractivity contribution in [2.24, 2.45) is 10.1 Å². The van der Waals surface area contributed by atoms with E-state index >= 15 is 0 Å². The quantitative estimate of drug-likeness (QED) is 0.108. The first-order chi connectivity index (χ1) is 24.8. The van der Waals surface area contributed by atoms with Gasteiger partial charge in [0.05, 0.1) is 23.5 Å². The average Bonchev–Trinajstić information content (AvgIpc) is 3.10. The highest BCUT2D eigenvalue weighted by Crippen LogP contribution is 2.41. The zero-order valence-electron chi connectivity index (χ0n) is 31.2. The third-order valence-electron chi connectivity index (χ3n) is 8.11. The highest BCUT2D eigenvalue weighted by Gasteiger charge is 2.37. The third kappa shape index (κ3) is 11.5. The van der Waals surface area contributed by atoms with E-state index in [9.17, 15) is 27.6 Å². The van der Waals surface area contributed by atoms with E-state index in [0.717, 1.165) is 23.4 Å². The molecule has 1 aliphatic carbocycles. The number of anilines is 2. The number of hydrazone groups is 1. The largest absolute Gasteiger partial charge is 0.416 e. The van der Waals surface area contributed by atoms with E-state index in [2.05, 4.69) is 38.9 Å². The summed E-state index contributed by atoms with van der Waals surface area (Å²) in [5.41, 5.74) is 2.44. The number of aliphatic imine (C=N–C) groups is 1. The predicted molar refractivity (Wildman–Crippen MR) is 206 cm³/mol. The number of fused-ring (bicyclic) bond motifs is 1. The number of nitrogens with zero attached hydrogens (tertiary/aromatic N) is 6. The van der Waals surface area contributed by atoms with Crippen LogP contribution in [0.15, 0.2) is 57.9 Å². The second-order valence-corrected chi connectivity index (χ2v) is 12.3. The van der Waals surface area contributed by atoms with Gasteiger partial charge in [-0.25, -0.2) is 5.01 Å². The second kappa shape index (κ2) is 21.1. The summed E-state index contributed by atoms with van der Waals surface area (Å²) in [6.07, 6.45) is -1.41. The maximum Gasteiger partial charge on any atom is 0.416 e. The number of piperazine rings is 1. The van der Waals surface area contributed by atoms with Crippen molar-refractivity contribution in [2.45, 2.75) is 46.2 Å². The summed E-state index contributed by atoms with van der Waals surface area (Å²) in [5.74, 6) is -1.29. The topological polar surface area (TPSA) is 125 Å². The number of rotatable bonds is 13. The zero-order valence-corrected chi connectivity index (χ0v) is 32.0. The first-order valence-electron chi connectivity index (χ1n) is 17.0. The van der Waals surface area contributed by atoms with Gasteiger partial charge < -0.3 is 25.2 Å². The smallest absolute Gasteiger partial charge is 0.390 e. The number of nitrogens with one attached hydrogen (secondary N) is 3. The van der Waals surface area contributed by atoms with Crippen molar-refractivity contribution < 1.29 is 27.6 Å². The number of para-hydroxylation sites is 1. The number of hydrogen-bond donors (Lipinski definition) is 3. The van der Waals surface area contributed by atoms with Crippen molar-refractivity contribution >= 4 is 54.5 Å². The molecule has 0 atom stereocenters. The maximum absolute atomic E-state index is 13.8. The molecule has 4 rings (SSSR count). The molecule has 2 aromatic rings. The molecule has 1 aliphatic heterocycles. The molecule has 1 heterocycles. The van der Waals surface area contributed by atoms with Crippen LogP contribution in [0.25, 0.3) is 0 Å². The molecular formula is C36H52F3N9O3S. The molecule has 0 bridgehead atoms. The molecule has 3 amide bonds. The minimum absolute atomic E-state index is 0.118.